The van der Waals surface area contributed by atoms with Gasteiger partial charge in [0.25, 0.3) is 5.91 Å². The predicted octanol–water partition coefficient (Wildman–Crippen LogP) is 3.35. The van der Waals surface area contributed by atoms with E-state index in [1.165, 1.54) is 24.3 Å². The molecule has 1 aromatic carbocycles. The number of hydrogen-bond acceptors (Lipinski definition) is 7. The minimum absolute atomic E-state index is 0.0229. The van der Waals surface area contributed by atoms with Gasteiger partial charge >= 0.3 is 0 Å². The Morgan fingerprint density at radius 1 is 1.10 bits per heavy atom. The predicted molar refractivity (Wildman–Crippen MR) is 152 cm³/mol. The summed E-state index contributed by atoms with van der Waals surface area (Å²) in [5.41, 5.74) is 0.426. The quantitative estimate of drug-likeness (QED) is 0.396. The maximum absolute atomic E-state index is 15.5. The van der Waals surface area contributed by atoms with E-state index in [9.17, 15) is 14.4 Å². The van der Waals surface area contributed by atoms with Crippen molar-refractivity contribution in [2.75, 3.05) is 57.3 Å². The van der Waals surface area contributed by atoms with Crippen molar-refractivity contribution in [1.29, 1.82) is 0 Å². The molecule has 2 aliphatic rings. The van der Waals surface area contributed by atoms with Gasteiger partial charge in [-0.25, -0.2) is 9.37 Å². The number of pyridine rings is 2. The van der Waals surface area contributed by atoms with Crippen LogP contribution >= 0.6 is 22.9 Å². The summed E-state index contributed by atoms with van der Waals surface area (Å²) in [6.45, 7) is 6.41. The monoisotopic (exact) mass is 570 g/mol. The van der Waals surface area contributed by atoms with Crippen LogP contribution in [0.5, 0.6) is 0 Å². The largest absolute Gasteiger partial charge is 0.351 e. The van der Waals surface area contributed by atoms with Crippen LogP contribution in [-0.4, -0.2) is 83.4 Å². The van der Waals surface area contributed by atoms with Gasteiger partial charge in [0.05, 0.1) is 15.6 Å². The molecule has 2 fully saturated rings. The van der Waals surface area contributed by atoms with Crippen LogP contribution in [0.2, 0.25) is 5.02 Å². The van der Waals surface area contributed by atoms with Gasteiger partial charge in [-0.05, 0) is 50.2 Å². The van der Waals surface area contributed by atoms with Gasteiger partial charge in [0, 0.05) is 51.2 Å². The summed E-state index contributed by atoms with van der Waals surface area (Å²) in [6.07, 6.45) is 2.30. The van der Waals surface area contributed by atoms with E-state index in [2.05, 4.69) is 15.2 Å². The van der Waals surface area contributed by atoms with Crippen molar-refractivity contribution in [3.63, 3.8) is 0 Å². The number of anilines is 1. The minimum Gasteiger partial charge on any atom is -0.351 e. The van der Waals surface area contributed by atoms with Crippen LogP contribution in [-0.2, 0) is 4.79 Å². The Balaban J connectivity index is 1.47. The zero-order valence-electron chi connectivity index (χ0n) is 21.5. The van der Waals surface area contributed by atoms with Crippen LogP contribution in [0.15, 0.2) is 29.1 Å². The number of carbonyl (C=O) groups excluding carboxylic acids is 2. The van der Waals surface area contributed by atoms with Crippen molar-refractivity contribution in [3.05, 3.63) is 50.9 Å². The smallest absolute Gasteiger partial charge is 0.258 e. The first-order valence-electron chi connectivity index (χ1n) is 13.1. The molecular weight excluding hydrogens is 543 g/mol. The average molecular weight is 571 g/mol. The normalized spacial score (nSPS) is 16.6. The highest BCUT2D eigenvalue weighted by Gasteiger charge is 2.27. The maximum Gasteiger partial charge on any atom is 0.258 e. The summed E-state index contributed by atoms with van der Waals surface area (Å²) in [6, 6.07) is 6.52. The molecule has 2 aliphatic heterocycles. The van der Waals surface area contributed by atoms with E-state index in [-0.39, 0.29) is 28.3 Å². The molecule has 12 heteroatoms. The molecule has 3 aromatic heterocycles. The number of aromatic nitrogens is 2. The van der Waals surface area contributed by atoms with Crippen molar-refractivity contribution < 1.29 is 14.0 Å². The summed E-state index contributed by atoms with van der Waals surface area (Å²) >= 11 is 7.55. The van der Waals surface area contributed by atoms with Crippen LogP contribution < -0.4 is 15.6 Å². The number of nitrogens with one attached hydrogen (secondary N) is 1. The third-order valence-electron chi connectivity index (χ3n) is 7.57. The number of fused-ring (bicyclic) bond motifs is 5. The fourth-order valence-electron chi connectivity index (χ4n) is 5.50. The molecule has 2 saturated heterocycles. The lowest BCUT2D eigenvalue weighted by Crippen LogP contribution is -2.48. The Labute approximate surface area is 232 Å². The third-order valence-corrected chi connectivity index (χ3v) is 8.93. The molecule has 0 radical (unpaired) electrons. The summed E-state index contributed by atoms with van der Waals surface area (Å²) in [7, 11) is 0. The number of halogens is 2. The van der Waals surface area contributed by atoms with Gasteiger partial charge in [-0.15, -0.1) is 11.3 Å². The molecule has 2 amide bonds. The molecule has 0 spiro atoms. The van der Waals surface area contributed by atoms with E-state index in [0.717, 1.165) is 36.1 Å². The molecular formula is C27H28ClFN6O3S. The Morgan fingerprint density at radius 3 is 2.56 bits per heavy atom. The van der Waals surface area contributed by atoms with E-state index in [1.54, 1.807) is 26.3 Å². The number of likely N-dealkylation sites (tertiary alicyclic amines) is 1. The highest BCUT2D eigenvalue weighted by molar-refractivity contribution is 7.24. The van der Waals surface area contributed by atoms with Crippen LogP contribution in [0.1, 0.15) is 30.1 Å². The number of thiazole rings is 1. The lowest BCUT2D eigenvalue weighted by atomic mass is 10.1. The zero-order chi connectivity index (χ0) is 27.3. The number of nitrogens with zero attached hydrogens (tertiary/aromatic N) is 5. The molecule has 5 heterocycles. The van der Waals surface area contributed by atoms with Crippen molar-refractivity contribution in [3.8, 4) is 0 Å². The molecule has 0 bridgehead atoms. The van der Waals surface area contributed by atoms with Gasteiger partial charge < -0.3 is 20.0 Å². The van der Waals surface area contributed by atoms with E-state index in [1.807, 2.05) is 6.07 Å². The summed E-state index contributed by atoms with van der Waals surface area (Å²) < 4.78 is 18.0. The Bertz CT molecular complexity index is 1670. The van der Waals surface area contributed by atoms with E-state index >= 15 is 4.39 Å². The number of carbonyl (C=O) groups is 2. The molecule has 0 aliphatic carbocycles. The molecule has 1 N–H and O–H groups in total. The van der Waals surface area contributed by atoms with Crippen molar-refractivity contribution >= 4 is 66.7 Å². The van der Waals surface area contributed by atoms with Gasteiger partial charge in [-0.3, -0.25) is 18.8 Å². The van der Waals surface area contributed by atoms with Crippen molar-refractivity contribution in [1.82, 2.24) is 24.5 Å². The lowest BCUT2D eigenvalue weighted by Gasteiger charge is -2.35. The SMILES string of the molecule is CC(=O)N1CCN(c2nc3c(cc2F)c(=O)c(C(=O)NCCN2CCCC2)c2sc4cc(Cl)ccc4n23)CC1. The van der Waals surface area contributed by atoms with E-state index in [0.29, 0.717) is 49.1 Å². The Hall–Kier alpha value is -3.28. The summed E-state index contributed by atoms with van der Waals surface area (Å²) in [5, 5.41) is 3.47. The summed E-state index contributed by atoms with van der Waals surface area (Å²) in [5.74, 6) is -1.03. The number of piperazine rings is 1. The zero-order valence-corrected chi connectivity index (χ0v) is 23.1. The van der Waals surface area contributed by atoms with Gasteiger partial charge in [0.2, 0.25) is 11.3 Å². The molecule has 204 valence electrons. The van der Waals surface area contributed by atoms with Crippen LogP contribution in [0, 0.1) is 5.82 Å². The first-order valence-corrected chi connectivity index (χ1v) is 14.3. The molecule has 4 aromatic rings. The second-order valence-corrected chi connectivity index (χ2v) is 11.5. The first kappa shape index (κ1) is 26.0. The molecule has 9 nitrogen and oxygen atoms in total. The molecule has 0 atom stereocenters. The molecule has 0 unspecified atom stereocenters. The van der Waals surface area contributed by atoms with E-state index < -0.39 is 17.2 Å². The van der Waals surface area contributed by atoms with Crippen molar-refractivity contribution in [2.45, 2.75) is 19.8 Å². The van der Waals surface area contributed by atoms with Gasteiger partial charge in [-0.1, -0.05) is 11.6 Å². The molecule has 39 heavy (non-hydrogen) atoms. The van der Waals surface area contributed by atoms with Crippen LogP contribution in [0.25, 0.3) is 26.1 Å². The van der Waals surface area contributed by atoms with Crippen LogP contribution in [0.4, 0.5) is 10.2 Å². The summed E-state index contributed by atoms with van der Waals surface area (Å²) in [4.78, 5) is 49.8. The first-order chi connectivity index (χ1) is 18.8. The number of hydrogen-bond donors (Lipinski definition) is 1. The average Bonchev–Trinajstić information content (AvgIpc) is 3.56. The highest BCUT2D eigenvalue weighted by atomic mass is 35.5. The molecule has 0 saturated carbocycles. The maximum atomic E-state index is 15.5. The number of benzene rings is 1. The number of amides is 2. The third kappa shape index (κ3) is 4.72. The van der Waals surface area contributed by atoms with Gasteiger partial charge in [0.1, 0.15) is 10.4 Å². The minimum atomic E-state index is -0.640. The standard InChI is InChI=1S/C27H28ClFN6O3S/c1-16(36)33-10-12-34(13-11-33)25-19(29)15-18-23(37)22(26(38)30-6-9-32-7-2-3-8-32)27-35(24(18)31-25)20-5-4-17(28)14-21(20)39-27/h4-5,14-15H,2-3,6-13H2,1H3,(H,30,38). The highest BCUT2D eigenvalue weighted by Crippen LogP contribution is 2.33. The lowest BCUT2D eigenvalue weighted by molar-refractivity contribution is -0.129. The fraction of sp³-hybridized carbons (Fsp3) is 0.407. The topological polar surface area (TPSA) is 90.3 Å². The van der Waals surface area contributed by atoms with Gasteiger partial charge in [0.15, 0.2) is 17.3 Å². The fourth-order valence-corrected chi connectivity index (χ4v) is 6.96. The van der Waals surface area contributed by atoms with Crippen molar-refractivity contribution in [2.24, 2.45) is 0 Å². The second-order valence-electron chi connectivity index (χ2n) is 10.0. The van der Waals surface area contributed by atoms with E-state index in [4.69, 9.17) is 11.6 Å². The second kappa shape index (κ2) is 10.4. The number of rotatable bonds is 5. The molecule has 6 rings (SSSR count). The van der Waals surface area contributed by atoms with Crippen LogP contribution in [0.3, 0.4) is 0 Å². The Kier molecular flexibility index (Phi) is 6.90. The van der Waals surface area contributed by atoms with Gasteiger partial charge in [-0.2, -0.15) is 0 Å². The Morgan fingerprint density at radius 2 is 1.85 bits per heavy atom.